The minimum Gasteiger partial charge on any atom is -0.408 e. The number of nitrogens with zero attached hydrogens (tertiary/aromatic N) is 2. The van der Waals surface area contributed by atoms with Gasteiger partial charge in [-0.05, 0) is 32.1 Å². The number of aromatic nitrogens is 2. The maximum atomic E-state index is 5.64. The van der Waals surface area contributed by atoms with Gasteiger partial charge >= 0.3 is 6.01 Å². The molecule has 0 aromatic carbocycles. The van der Waals surface area contributed by atoms with Crippen LogP contribution in [-0.2, 0) is 4.74 Å². The highest BCUT2D eigenvalue weighted by Gasteiger charge is 2.23. The summed E-state index contributed by atoms with van der Waals surface area (Å²) in [6.07, 6.45) is 5.72. The van der Waals surface area contributed by atoms with Gasteiger partial charge in [0.05, 0.1) is 0 Å². The summed E-state index contributed by atoms with van der Waals surface area (Å²) in [7, 11) is 0. The lowest BCUT2D eigenvalue weighted by Crippen LogP contribution is -2.27. The molecule has 1 saturated heterocycles. The van der Waals surface area contributed by atoms with Gasteiger partial charge in [0.25, 0.3) is 0 Å². The van der Waals surface area contributed by atoms with Crippen LogP contribution in [0.2, 0.25) is 0 Å². The summed E-state index contributed by atoms with van der Waals surface area (Å²) >= 11 is 0. The molecule has 1 saturated carbocycles. The van der Waals surface area contributed by atoms with E-state index in [0.717, 1.165) is 31.9 Å². The van der Waals surface area contributed by atoms with Gasteiger partial charge in [0.15, 0.2) is 0 Å². The van der Waals surface area contributed by atoms with Crippen molar-refractivity contribution in [3.63, 3.8) is 0 Å². The monoisotopic (exact) mass is 223 g/mol. The first-order chi connectivity index (χ1) is 7.92. The molecule has 0 atom stereocenters. The molecule has 1 aromatic rings. The summed E-state index contributed by atoms with van der Waals surface area (Å²) in [6.45, 7) is 1.61. The third-order valence-electron chi connectivity index (χ3n) is 3.44. The largest absolute Gasteiger partial charge is 0.408 e. The van der Waals surface area contributed by atoms with Crippen LogP contribution in [0.4, 0.5) is 6.01 Å². The Morgan fingerprint density at radius 1 is 1.06 bits per heavy atom. The van der Waals surface area contributed by atoms with Crippen LogP contribution in [0.25, 0.3) is 0 Å². The first-order valence-corrected chi connectivity index (χ1v) is 6.09. The van der Waals surface area contributed by atoms with Crippen molar-refractivity contribution in [3.8, 4) is 0 Å². The van der Waals surface area contributed by atoms with Crippen LogP contribution < -0.4 is 5.32 Å². The molecular weight excluding hydrogens is 206 g/mol. The van der Waals surface area contributed by atoms with Crippen molar-refractivity contribution in [1.29, 1.82) is 0 Å². The van der Waals surface area contributed by atoms with Crippen molar-refractivity contribution in [2.24, 2.45) is 0 Å². The Bertz CT molecular complexity index is 343. The molecule has 0 bridgehead atoms. The molecule has 2 aliphatic rings. The highest BCUT2D eigenvalue weighted by molar-refractivity contribution is 5.21. The molecule has 16 heavy (non-hydrogen) atoms. The maximum absolute atomic E-state index is 5.64. The third-order valence-corrected chi connectivity index (χ3v) is 3.44. The number of hydrogen-bond acceptors (Lipinski definition) is 5. The summed E-state index contributed by atoms with van der Waals surface area (Å²) in [4.78, 5) is 0. The van der Waals surface area contributed by atoms with Crippen LogP contribution >= 0.6 is 0 Å². The summed E-state index contributed by atoms with van der Waals surface area (Å²) in [5.41, 5.74) is 0. The molecule has 1 N–H and O–H groups in total. The second-order valence-corrected chi connectivity index (χ2v) is 4.60. The Hall–Kier alpha value is -1.10. The van der Waals surface area contributed by atoms with E-state index in [9.17, 15) is 0 Å². The minimum atomic E-state index is 0.387. The van der Waals surface area contributed by atoms with E-state index in [-0.39, 0.29) is 0 Å². The van der Waals surface area contributed by atoms with E-state index in [1.54, 1.807) is 0 Å². The van der Waals surface area contributed by atoms with Crippen molar-refractivity contribution in [3.05, 3.63) is 5.89 Å². The molecule has 1 aromatic heterocycles. The SMILES string of the molecule is C1CC(Nc2nnc(C3CCOCC3)o2)C1. The standard InChI is InChI=1S/C11H17N3O2/c1-2-9(3-1)12-11-14-13-10(16-11)8-4-6-15-7-5-8/h8-9H,1-7H2,(H,12,14). The molecule has 2 fully saturated rings. The van der Waals surface area contributed by atoms with Gasteiger partial charge in [0, 0.05) is 25.2 Å². The van der Waals surface area contributed by atoms with Gasteiger partial charge in [-0.25, -0.2) is 0 Å². The molecule has 0 spiro atoms. The van der Waals surface area contributed by atoms with E-state index in [4.69, 9.17) is 9.15 Å². The average molecular weight is 223 g/mol. The normalized spacial score (nSPS) is 23.0. The molecule has 0 unspecified atom stereocenters. The van der Waals surface area contributed by atoms with Gasteiger partial charge in [-0.3, -0.25) is 0 Å². The zero-order valence-electron chi connectivity index (χ0n) is 9.32. The fourth-order valence-electron chi connectivity index (χ4n) is 2.13. The number of nitrogens with one attached hydrogen (secondary N) is 1. The molecule has 1 aliphatic heterocycles. The van der Waals surface area contributed by atoms with E-state index in [1.807, 2.05) is 0 Å². The van der Waals surface area contributed by atoms with Crippen molar-refractivity contribution in [2.75, 3.05) is 18.5 Å². The Morgan fingerprint density at radius 3 is 2.56 bits per heavy atom. The Labute approximate surface area is 94.6 Å². The number of hydrogen-bond donors (Lipinski definition) is 1. The van der Waals surface area contributed by atoms with E-state index in [0.29, 0.717) is 18.0 Å². The first-order valence-electron chi connectivity index (χ1n) is 6.09. The molecule has 5 nitrogen and oxygen atoms in total. The Balaban J connectivity index is 1.61. The van der Waals surface area contributed by atoms with Gasteiger partial charge in [0.1, 0.15) is 0 Å². The zero-order valence-corrected chi connectivity index (χ0v) is 9.32. The second-order valence-electron chi connectivity index (χ2n) is 4.60. The van der Waals surface area contributed by atoms with Gasteiger partial charge in [-0.15, -0.1) is 5.10 Å². The Morgan fingerprint density at radius 2 is 1.88 bits per heavy atom. The number of ether oxygens (including phenoxy) is 1. The minimum absolute atomic E-state index is 0.387. The van der Waals surface area contributed by atoms with Crippen molar-refractivity contribution >= 4 is 6.01 Å². The summed E-state index contributed by atoms with van der Waals surface area (Å²) < 4.78 is 11.0. The van der Waals surface area contributed by atoms with Gasteiger partial charge in [0.2, 0.25) is 5.89 Å². The highest BCUT2D eigenvalue weighted by Crippen LogP contribution is 2.28. The maximum Gasteiger partial charge on any atom is 0.315 e. The molecule has 5 heteroatoms. The lowest BCUT2D eigenvalue weighted by molar-refractivity contribution is 0.0795. The fourth-order valence-corrected chi connectivity index (χ4v) is 2.13. The summed E-state index contributed by atoms with van der Waals surface area (Å²) in [5.74, 6) is 1.16. The smallest absolute Gasteiger partial charge is 0.315 e. The molecule has 1 aliphatic carbocycles. The summed E-state index contributed by atoms with van der Waals surface area (Å²) in [5, 5.41) is 11.4. The van der Waals surface area contributed by atoms with Crippen LogP contribution in [0.5, 0.6) is 0 Å². The van der Waals surface area contributed by atoms with Crippen LogP contribution in [0.1, 0.15) is 43.9 Å². The Kier molecular flexibility index (Phi) is 2.78. The first kappa shape index (κ1) is 10.1. The predicted octanol–water partition coefficient (Wildman–Crippen LogP) is 1.93. The number of rotatable bonds is 3. The third kappa shape index (κ3) is 2.04. The molecule has 2 heterocycles. The van der Waals surface area contributed by atoms with Crippen molar-refractivity contribution in [2.45, 2.75) is 44.1 Å². The van der Waals surface area contributed by atoms with Gasteiger partial charge < -0.3 is 14.5 Å². The van der Waals surface area contributed by atoms with E-state index < -0.39 is 0 Å². The number of anilines is 1. The second kappa shape index (κ2) is 4.41. The summed E-state index contributed by atoms with van der Waals surface area (Å²) in [6, 6.07) is 1.13. The molecule has 3 rings (SSSR count). The highest BCUT2D eigenvalue weighted by atomic mass is 16.5. The zero-order chi connectivity index (χ0) is 10.8. The van der Waals surface area contributed by atoms with E-state index in [1.165, 1.54) is 19.3 Å². The van der Waals surface area contributed by atoms with Crippen molar-refractivity contribution in [1.82, 2.24) is 10.2 Å². The predicted molar refractivity (Wildman–Crippen MR) is 58.4 cm³/mol. The lowest BCUT2D eigenvalue weighted by Gasteiger charge is -2.25. The van der Waals surface area contributed by atoms with Crippen molar-refractivity contribution < 1.29 is 9.15 Å². The molecule has 88 valence electrons. The average Bonchev–Trinajstić information content (AvgIpc) is 2.73. The van der Waals surface area contributed by atoms with Crippen LogP contribution in [0.3, 0.4) is 0 Å². The molecule has 0 radical (unpaired) electrons. The topological polar surface area (TPSA) is 60.2 Å². The molecular formula is C11H17N3O2. The molecule has 0 amide bonds. The van der Waals surface area contributed by atoms with Gasteiger partial charge in [-0.1, -0.05) is 5.10 Å². The van der Waals surface area contributed by atoms with Crippen LogP contribution in [-0.4, -0.2) is 29.5 Å². The fraction of sp³-hybridized carbons (Fsp3) is 0.818. The van der Waals surface area contributed by atoms with Gasteiger partial charge in [-0.2, -0.15) is 0 Å². The lowest BCUT2D eigenvalue weighted by atomic mass is 9.93. The quantitative estimate of drug-likeness (QED) is 0.848. The van der Waals surface area contributed by atoms with Crippen LogP contribution in [0.15, 0.2) is 4.42 Å². The van der Waals surface area contributed by atoms with Crippen LogP contribution in [0, 0.1) is 0 Å². The van der Waals surface area contributed by atoms with E-state index >= 15 is 0 Å². The van der Waals surface area contributed by atoms with E-state index in [2.05, 4.69) is 15.5 Å².